The summed E-state index contributed by atoms with van der Waals surface area (Å²) in [4.78, 5) is 26.0. The van der Waals surface area contributed by atoms with Crippen molar-refractivity contribution in [2.24, 2.45) is 0 Å². The quantitative estimate of drug-likeness (QED) is 0.771. The Balaban J connectivity index is 1.63. The summed E-state index contributed by atoms with van der Waals surface area (Å²) in [5, 5.41) is 2.55. The fourth-order valence-electron chi connectivity index (χ4n) is 2.59. The van der Waals surface area contributed by atoms with Gasteiger partial charge in [-0.05, 0) is 58.8 Å². The topological polar surface area (TPSA) is 49.4 Å². The molecule has 0 atom stereocenters. The molecule has 23 heavy (non-hydrogen) atoms. The van der Waals surface area contributed by atoms with Crippen LogP contribution < -0.4 is 10.2 Å². The van der Waals surface area contributed by atoms with E-state index in [2.05, 4.69) is 5.32 Å². The third-order valence-electron chi connectivity index (χ3n) is 3.77. The third-order valence-corrected chi connectivity index (χ3v) is 4.65. The van der Waals surface area contributed by atoms with Crippen molar-refractivity contribution in [3.05, 3.63) is 63.0 Å². The standard InChI is InChI=1S/C17H14FIN2O2/c18-13-9-12(5-6-14(13)19)17(23)20-10-16(22)21-8-7-11-3-1-2-4-15(11)21/h1-6,9H,7-8,10H2,(H,20,23). The molecule has 2 amide bonds. The molecule has 0 saturated heterocycles. The van der Waals surface area contributed by atoms with Gasteiger partial charge in [0.1, 0.15) is 5.82 Å². The molecule has 0 aromatic heterocycles. The number of benzene rings is 2. The number of fused-ring (bicyclic) bond motifs is 1. The van der Waals surface area contributed by atoms with E-state index in [9.17, 15) is 14.0 Å². The molecule has 2 aromatic rings. The Morgan fingerprint density at radius 1 is 1.22 bits per heavy atom. The molecule has 0 aliphatic carbocycles. The Labute approximate surface area is 146 Å². The van der Waals surface area contributed by atoms with Crippen molar-refractivity contribution in [3.63, 3.8) is 0 Å². The van der Waals surface area contributed by atoms with Crippen molar-refractivity contribution in [1.82, 2.24) is 5.32 Å². The van der Waals surface area contributed by atoms with E-state index in [4.69, 9.17) is 0 Å². The molecule has 6 heteroatoms. The normalized spacial score (nSPS) is 12.9. The van der Waals surface area contributed by atoms with Gasteiger partial charge in [-0.25, -0.2) is 4.39 Å². The van der Waals surface area contributed by atoms with Gasteiger partial charge >= 0.3 is 0 Å². The fourth-order valence-corrected chi connectivity index (χ4v) is 2.92. The second-order valence-electron chi connectivity index (χ2n) is 5.24. The number of nitrogens with zero attached hydrogens (tertiary/aromatic N) is 1. The number of nitrogens with one attached hydrogen (secondary N) is 1. The number of carbonyl (C=O) groups is 2. The number of amides is 2. The van der Waals surface area contributed by atoms with Crippen LogP contribution in [0.1, 0.15) is 15.9 Å². The molecule has 0 spiro atoms. The lowest BCUT2D eigenvalue weighted by Crippen LogP contribution is -2.39. The van der Waals surface area contributed by atoms with Gasteiger partial charge in [0.05, 0.1) is 6.54 Å². The van der Waals surface area contributed by atoms with Gasteiger partial charge in [-0.2, -0.15) is 0 Å². The Bertz CT molecular complexity index is 779. The summed E-state index contributed by atoms with van der Waals surface area (Å²) in [5.74, 6) is -1.08. The molecule has 118 valence electrons. The summed E-state index contributed by atoms with van der Waals surface area (Å²) in [6.45, 7) is 0.507. The highest BCUT2D eigenvalue weighted by Crippen LogP contribution is 2.27. The monoisotopic (exact) mass is 424 g/mol. The highest BCUT2D eigenvalue weighted by atomic mass is 127. The first-order chi connectivity index (χ1) is 11.1. The second kappa shape index (κ2) is 6.66. The Hall–Kier alpha value is -1.96. The minimum Gasteiger partial charge on any atom is -0.343 e. The zero-order valence-corrected chi connectivity index (χ0v) is 14.3. The molecule has 1 aliphatic heterocycles. The van der Waals surface area contributed by atoms with Crippen molar-refractivity contribution >= 4 is 40.1 Å². The predicted octanol–water partition coefficient (Wildman–Crippen LogP) is 2.75. The van der Waals surface area contributed by atoms with Crippen LogP contribution in [0, 0.1) is 9.39 Å². The summed E-state index contributed by atoms with van der Waals surface area (Å²) >= 11 is 1.85. The Kier molecular flexibility index (Phi) is 4.61. The number of carbonyl (C=O) groups excluding carboxylic acids is 2. The summed E-state index contributed by atoms with van der Waals surface area (Å²) in [7, 11) is 0. The van der Waals surface area contributed by atoms with E-state index in [1.165, 1.54) is 18.2 Å². The SMILES string of the molecule is O=C(NCC(=O)N1CCc2ccccc21)c1ccc(I)c(F)c1. The fraction of sp³-hybridized carbons (Fsp3) is 0.176. The molecular weight excluding hydrogens is 410 g/mol. The van der Waals surface area contributed by atoms with Crippen molar-refractivity contribution < 1.29 is 14.0 Å². The van der Waals surface area contributed by atoms with Crippen LogP contribution >= 0.6 is 22.6 Å². The highest BCUT2D eigenvalue weighted by molar-refractivity contribution is 14.1. The van der Waals surface area contributed by atoms with Gasteiger partial charge in [-0.3, -0.25) is 9.59 Å². The van der Waals surface area contributed by atoms with Crippen LogP contribution in [0.25, 0.3) is 0 Å². The minimum atomic E-state index is -0.457. The summed E-state index contributed by atoms with van der Waals surface area (Å²) in [5.41, 5.74) is 2.23. The third kappa shape index (κ3) is 3.36. The Morgan fingerprint density at radius 2 is 2.00 bits per heavy atom. The summed E-state index contributed by atoms with van der Waals surface area (Å²) < 4.78 is 13.9. The van der Waals surface area contributed by atoms with Crippen LogP contribution in [0.5, 0.6) is 0 Å². The molecule has 1 N–H and O–H groups in total. The van der Waals surface area contributed by atoms with Gasteiger partial charge in [0.15, 0.2) is 0 Å². The van der Waals surface area contributed by atoms with Gasteiger partial charge in [0.2, 0.25) is 5.91 Å². The highest BCUT2D eigenvalue weighted by Gasteiger charge is 2.24. The zero-order chi connectivity index (χ0) is 16.4. The Morgan fingerprint density at radius 3 is 2.78 bits per heavy atom. The number of halogens is 2. The van der Waals surface area contributed by atoms with Crippen molar-refractivity contribution in [2.45, 2.75) is 6.42 Å². The second-order valence-corrected chi connectivity index (χ2v) is 6.40. The number of hydrogen-bond donors (Lipinski definition) is 1. The van der Waals surface area contributed by atoms with E-state index in [0.717, 1.165) is 17.7 Å². The van der Waals surface area contributed by atoms with Crippen molar-refractivity contribution in [1.29, 1.82) is 0 Å². The van der Waals surface area contributed by atoms with Crippen molar-refractivity contribution in [2.75, 3.05) is 18.0 Å². The molecule has 0 fully saturated rings. The molecule has 4 nitrogen and oxygen atoms in total. The molecule has 0 radical (unpaired) electrons. The van der Waals surface area contributed by atoms with E-state index < -0.39 is 11.7 Å². The lowest BCUT2D eigenvalue weighted by molar-refractivity contribution is -0.117. The van der Waals surface area contributed by atoms with Gasteiger partial charge in [-0.15, -0.1) is 0 Å². The first-order valence-corrected chi connectivity index (χ1v) is 8.25. The first-order valence-electron chi connectivity index (χ1n) is 7.18. The van der Waals surface area contributed by atoms with Crippen molar-refractivity contribution in [3.8, 4) is 0 Å². The average molecular weight is 424 g/mol. The summed E-state index contributed by atoms with van der Waals surface area (Å²) in [6, 6.07) is 12.0. The lowest BCUT2D eigenvalue weighted by Gasteiger charge is -2.17. The molecule has 0 unspecified atom stereocenters. The molecule has 3 rings (SSSR count). The largest absolute Gasteiger partial charge is 0.343 e. The zero-order valence-electron chi connectivity index (χ0n) is 12.2. The summed E-state index contributed by atoms with van der Waals surface area (Å²) in [6.07, 6.45) is 0.818. The maximum Gasteiger partial charge on any atom is 0.251 e. The first kappa shape index (κ1) is 15.9. The molecule has 1 aliphatic rings. The van der Waals surface area contributed by atoms with Crippen LogP contribution in [-0.2, 0) is 11.2 Å². The maximum atomic E-state index is 13.5. The number of para-hydroxylation sites is 1. The number of rotatable bonds is 3. The van der Waals surface area contributed by atoms with E-state index in [1.54, 1.807) is 4.90 Å². The lowest BCUT2D eigenvalue weighted by atomic mass is 10.2. The molecule has 0 saturated carbocycles. The van der Waals surface area contributed by atoms with Crippen LogP contribution in [0.4, 0.5) is 10.1 Å². The van der Waals surface area contributed by atoms with E-state index >= 15 is 0 Å². The van der Waals surface area contributed by atoms with Crippen LogP contribution in [0.2, 0.25) is 0 Å². The molecular formula is C17H14FIN2O2. The number of hydrogen-bond acceptors (Lipinski definition) is 2. The van der Waals surface area contributed by atoms with Crippen LogP contribution in [-0.4, -0.2) is 24.9 Å². The molecule has 1 heterocycles. The molecule has 2 aromatic carbocycles. The van der Waals surface area contributed by atoms with Gasteiger partial charge < -0.3 is 10.2 Å². The smallest absolute Gasteiger partial charge is 0.251 e. The average Bonchev–Trinajstić information content (AvgIpc) is 2.99. The van der Waals surface area contributed by atoms with Crippen LogP contribution in [0.3, 0.4) is 0 Å². The van der Waals surface area contributed by atoms with E-state index in [0.29, 0.717) is 10.1 Å². The van der Waals surface area contributed by atoms with Gasteiger partial charge in [-0.1, -0.05) is 18.2 Å². The van der Waals surface area contributed by atoms with E-state index in [-0.39, 0.29) is 18.0 Å². The van der Waals surface area contributed by atoms with E-state index in [1.807, 2.05) is 46.9 Å². The van der Waals surface area contributed by atoms with Gasteiger partial charge in [0.25, 0.3) is 5.91 Å². The molecule has 0 bridgehead atoms. The maximum absolute atomic E-state index is 13.5. The minimum absolute atomic E-state index is 0.110. The van der Waals surface area contributed by atoms with Gasteiger partial charge in [0, 0.05) is 21.4 Å². The predicted molar refractivity (Wildman–Crippen MR) is 93.9 cm³/mol. The van der Waals surface area contributed by atoms with Crippen LogP contribution in [0.15, 0.2) is 42.5 Å². The number of anilines is 1.